The van der Waals surface area contributed by atoms with Crippen LogP contribution in [0.25, 0.3) is 0 Å². The van der Waals surface area contributed by atoms with Gasteiger partial charge in [0.15, 0.2) is 0 Å². The molecule has 0 aliphatic rings. The van der Waals surface area contributed by atoms with E-state index in [4.69, 9.17) is 9.47 Å². The molecule has 0 N–H and O–H groups in total. The number of carbonyl (C=O) groups is 2. The first kappa shape index (κ1) is 36.4. The average molecular weight is 541 g/mol. The molecule has 4 heteroatoms. The van der Waals surface area contributed by atoms with Gasteiger partial charge in [-0.3, -0.25) is 9.59 Å². The van der Waals surface area contributed by atoms with Gasteiger partial charge >= 0.3 is 11.9 Å². The van der Waals surface area contributed by atoms with Gasteiger partial charge in [-0.1, -0.05) is 57.7 Å². The molecule has 0 bridgehead atoms. The third-order valence-corrected chi connectivity index (χ3v) is 6.36. The van der Waals surface area contributed by atoms with Crippen molar-refractivity contribution in [2.24, 2.45) is 0 Å². The highest BCUT2D eigenvalue weighted by Gasteiger charge is 2.07. The first-order valence-corrected chi connectivity index (χ1v) is 14.7. The number of rotatable bonds is 20. The number of carbonyl (C=O) groups excluding carboxylic acids is 2. The molecule has 0 spiro atoms. The van der Waals surface area contributed by atoms with E-state index in [2.05, 4.69) is 79.7 Å². The Morgan fingerprint density at radius 3 is 1.08 bits per heavy atom. The summed E-state index contributed by atoms with van der Waals surface area (Å²) in [5, 5.41) is 0. The van der Waals surface area contributed by atoms with Crippen LogP contribution in [0.4, 0.5) is 0 Å². The molecule has 0 heterocycles. The molecule has 0 aliphatic heterocycles. The third-order valence-electron chi connectivity index (χ3n) is 6.36. The van der Waals surface area contributed by atoms with Crippen LogP contribution in [0.2, 0.25) is 0 Å². The Labute approximate surface area is 240 Å². The molecule has 0 atom stereocenters. The largest absolute Gasteiger partial charge is 0.461 e. The first-order chi connectivity index (χ1) is 18.5. The number of ether oxygens (including phenoxy) is 2. The molecule has 0 aromatic heterocycles. The second kappa shape index (κ2) is 23.3. The van der Waals surface area contributed by atoms with E-state index in [0.29, 0.717) is 6.42 Å². The first-order valence-electron chi connectivity index (χ1n) is 14.7. The van der Waals surface area contributed by atoms with Crippen LogP contribution in [0.1, 0.15) is 126 Å². The minimum absolute atomic E-state index is 0.226. The number of esters is 2. The third kappa shape index (κ3) is 25.4. The maximum atomic E-state index is 12.0. The molecule has 4 nitrogen and oxygen atoms in total. The zero-order valence-corrected chi connectivity index (χ0v) is 26.3. The molecule has 0 aliphatic carbocycles. The summed E-state index contributed by atoms with van der Waals surface area (Å²) < 4.78 is 10.6. The maximum Gasteiger partial charge on any atom is 0.306 e. The van der Waals surface area contributed by atoms with Gasteiger partial charge in [0.05, 0.1) is 0 Å². The summed E-state index contributed by atoms with van der Waals surface area (Å²) in [5.41, 5.74) is 8.00. The summed E-state index contributed by atoms with van der Waals surface area (Å²) in [6.07, 6.45) is 22.3. The van der Waals surface area contributed by atoms with E-state index in [1.54, 1.807) is 0 Å². The maximum absolute atomic E-state index is 12.0. The van der Waals surface area contributed by atoms with Gasteiger partial charge in [0.1, 0.15) is 13.2 Å². The van der Waals surface area contributed by atoms with Crippen LogP contribution in [-0.4, -0.2) is 25.2 Å². The van der Waals surface area contributed by atoms with Crippen molar-refractivity contribution in [2.45, 2.75) is 126 Å². The molecule has 220 valence electrons. The van der Waals surface area contributed by atoms with Gasteiger partial charge in [0, 0.05) is 12.8 Å². The molecule has 0 rings (SSSR count). The Morgan fingerprint density at radius 1 is 0.436 bits per heavy atom. The van der Waals surface area contributed by atoms with Crippen molar-refractivity contribution in [2.75, 3.05) is 13.2 Å². The molecule has 0 aromatic carbocycles. The molecule has 0 unspecified atom stereocenters. The van der Waals surface area contributed by atoms with Crippen molar-refractivity contribution >= 4 is 11.9 Å². The Kier molecular flexibility index (Phi) is 21.7. The lowest BCUT2D eigenvalue weighted by molar-refractivity contribution is -0.144. The van der Waals surface area contributed by atoms with Crippen molar-refractivity contribution in [3.63, 3.8) is 0 Å². The van der Waals surface area contributed by atoms with Gasteiger partial charge in [0.25, 0.3) is 0 Å². The molecule has 0 saturated heterocycles. The average Bonchev–Trinajstić information content (AvgIpc) is 2.83. The van der Waals surface area contributed by atoms with E-state index in [1.165, 1.54) is 33.4 Å². The summed E-state index contributed by atoms with van der Waals surface area (Å²) in [6, 6.07) is 0. The van der Waals surface area contributed by atoms with Gasteiger partial charge in [-0.05, 0) is 125 Å². The summed E-state index contributed by atoms with van der Waals surface area (Å²) in [7, 11) is 0. The van der Waals surface area contributed by atoms with E-state index in [9.17, 15) is 9.59 Å². The zero-order valence-electron chi connectivity index (χ0n) is 26.3. The Hall–Kier alpha value is -2.62. The van der Waals surface area contributed by atoms with Crippen LogP contribution in [0.3, 0.4) is 0 Å². The fraction of sp³-hybridized carbons (Fsp3) is 0.600. The van der Waals surface area contributed by atoms with E-state index < -0.39 is 0 Å². The lowest BCUT2D eigenvalue weighted by Gasteiger charge is -2.05. The summed E-state index contributed by atoms with van der Waals surface area (Å²) >= 11 is 0. The van der Waals surface area contributed by atoms with Crippen molar-refractivity contribution in [1.82, 2.24) is 0 Å². The SMILES string of the molecule is CC(C)=CCC/C(C)=C/CC/C(C)=C/COC(=O)CCCC(=O)OC/C=C(\C)CC/C=C(\C)CCC=C(C)C. The monoisotopic (exact) mass is 540 g/mol. The molecule has 0 fully saturated rings. The topological polar surface area (TPSA) is 52.6 Å². The van der Waals surface area contributed by atoms with Gasteiger partial charge in [-0.25, -0.2) is 0 Å². The number of hydrogen-bond acceptors (Lipinski definition) is 4. The van der Waals surface area contributed by atoms with E-state index >= 15 is 0 Å². The molecule has 0 saturated carbocycles. The van der Waals surface area contributed by atoms with Crippen LogP contribution in [0.15, 0.2) is 69.9 Å². The van der Waals surface area contributed by atoms with Gasteiger partial charge in [-0.15, -0.1) is 0 Å². The van der Waals surface area contributed by atoms with Crippen molar-refractivity contribution in [3.05, 3.63) is 69.9 Å². The summed E-state index contributed by atoms with van der Waals surface area (Å²) in [6.45, 7) is 17.6. The Balaban J connectivity index is 4.00. The second-order valence-electron chi connectivity index (χ2n) is 11.1. The lowest BCUT2D eigenvalue weighted by atomic mass is 10.1. The van der Waals surface area contributed by atoms with Crippen LogP contribution in [0, 0.1) is 0 Å². The predicted octanol–water partition coefficient (Wildman–Crippen LogP) is 10.1. The molecule has 0 aromatic rings. The quantitative estimate of drug-likeness (QED) is 0.114. The predicted molar refractivity (Wildman–Crippen MR) is 167 cm³/mol. The summed E-state index contributed by atoms with van der Waals surface area (Å²) in [4.78, 5) is 23.9. The van der Waals surface area contributed by atoms with Crippen LogP contribution < -0.4 is 0 Å². The fourth-order valence-corrected chi connectivity index (χ4v) is 3.75. The van der Waals surface area contributed by atoms with Crippen LogP contribution in [0.5, 0.6) is 0 Å². The molecule has 39 heavy (non-hydrogen) atoms. The van der Waals surface area contributed by atoms with Crippen LogP contribution in [-0.2, 0) is 19.1 Å². The number of allylic oxidation sites excluding steroid dienone is 10. The van der Waals surface area contributed by atoms with Gasteiger partial charge in [-0.2, -0.15) is 0 Å². The highest BCUT2D eigenvalue weighted by molar-refractivity contribution is 5.72. The lowest BCUT2D eigenvalue weighted by Crippen LogP contribution is -2.08. The minimum atomic E-state index is -0.276. The van der Waals surface area contributed by atoms with Gasteiger partial charge < -0.3 is 9.47 Å². The fourth-order valence-electron chi connectivity index (χ4n) is 3.75. The molecule has 0 amide bonds. The highest BCUT2D eigenvalue weighted by atomic mass is 16.5. The Bertz CT molecular complexity index is 827. The number of hydrogen-bond donors (Lipinski definition) is 0. The standard InChI is InChI=1S/C35H56O4/c1-28(2)14-9-16-30(5)18-11-20-32(7)24-26-38-34(36)22-13-23-35(37)39-27-25-33(8)21-12-19-31(6)17-10-15-29(3)4/h14-15,18-19,24-25H,9-13,16-17,20-23,26-27H2,1-8H3/b30-18+,31-19+,32-24+,33-25+. The molecular formula is C35H56O4. The smallest absolute Gasteiger partial charge is 0.306 e. The van der Waals surface area contributed by atoms with Crippen LogP contribution >= 0.6 is 0 Å². The minimum Gasteiger partial charge on any atom is -0.461 e. The van der Waals surface area contributed by atoms with Crippen molar-refractivity contribution < 1.29 is 19.1 Å². The van der Waals surface area contributed by atoms with Gasteiger partial charge in [0.2, 0.25) is 0 Å². The van der Waals surface area contributed by atoms with Crippen molar-refractivity contribution in [1.29, 1.82) is 0 Å². The Morgan fingerprint density at radius 2 is 0.744 bits per heavy atom. The van der Waals surface area contributed by atoms with Crippen molar-refractivity contribution in [3.8, 4) is 0 Å². The molecular weight excluding hydrogens is 484 g/mol. The highest BCUT2D eigenvalue weighted by Crippen LogP contribution is 2.13. The molecule has 0 radical (unpaired) electrons. The van der Waals surface area contributed by atoms with E-state index in [-0.39, 0.29) is 38.0 Å². The van der Waals surface area contributed by atoms with E-state index in [0.717, 1.165) is 51.4 Å². The zero-order chi connectivity index (χ0) is 29.5. The summed E-state index contributed by atoms with van der Waals surface area (Å²) in [5.74, 6) is -0.552. The normalized spacial score (nSPS) is 12.7. The van der Waals surface area contributed by atoms with E-state index in [1.807, 2.05) is 12.2 Å². The second-order valence-corrected chi connectivity index (χ2v) is 11.1.